The third kappa shape index (κ3) is 3.35. The summed E-state index contributed by atoms with van der Waals surface area (Å²) >= 11 is 0. The molecule has 0 aliphatic heterocycles. The van der Waals surface area contributed by atoms with Gasteiger partial charge in [-0.1, -0.05) is 26.0 Å². The molecule has 20 heavy (non-hydrogen) atoms. The van der Waals surface area contributed by atoms with Gasteiger partial charge in [-0.05, 0) is 55.2 Å². The maximum atomic E-state index is 12.6. The number of hydrogen-bond donors (Lipinski definition) is 1. The van der Waals surface area contributed by atoms with Gasteiger partial charge in [0.15, 0.2) is 0 Å². The van der Waals surface area contributed by atoms with Crippen LogP contribution in [0.15, 0.2) is 24.3 Å². The Morgan fingerprint density at radius 2 is 1.55 bits per heavy atom. The highest BCUT2D eigenvalue weighted by Gasteiger charge is 2.36. The zero-order valence-corrected chi connectivity index (χ0v) is 11.9. The molecule has 0 heterocycles. The van der Waals surface area contributed by atoms with E-state index < -0.39 is 17.3 Å². The second-order valence-corrected chi connectivity index (χ2v) is 6.62. The van der Waals surface area contributed by atoms with Crippen molar-refractivity contribution in [1.29, 1.82) is 0 Å². The first-order valence-electron chi connectivity index (χ1n) is 7.03. The van der Waals surface area contributed by atoms with E-state index in [2.05, 4.69) is 13.8 Å². The van der Waals surface area contributed by atoms with E-state index in [9.17, 15) is 18.3 Å². The Kier molecular flexibility index (Phi) is 3.89. The molecule has 0 saturated heterocycles. The van der Waals surface area contributed by atoms with E-state index in [0.29, 0.717) is 18.4 Å². The summed E-state index contributed by atoms with van der Waals surface area (Å²) in [7, 11) is 0. The van der Waals surface area contributed by atoms with Crippen LogP contribution in [0.3, 0.4) is 0 Å². The van der Waals surface area contributed by atoms with E-state index in [-0.39, 0.29) is 5.41 Å². The second kappa shape index (κ2) is 5.06. The quantitative estimate of drug-likeness (QED) is 0.729. The highest BCUT2D eigenvalue weighted by Crippen LogP contribution is 2.43. The third-order valence-corrected chi connectivity index (χ3v) is 4.41. The molecule has 1 saturated carbocycles. The average Bonchev–Trinajstić information content (AvgIpc) is 2.49. The number of aliphatic hydroxyl groups is 1. The largest absolute Gasteiger partial charge is 0.416 e. The van der Waals surface area contributed by atoms with E-state index in [0.717, 1.165) is 31.4 Å². The molecule has 0 bridgehead atoms. The average molecular weight is 286 g/mol. The predicted octanol–water partition coefficient (Wildman–Crippen LogP) is 4.88. The number of halogens is 3. The minimum absolute atomic E-state index is 0.191. The maximum Gasteiger partial charge on any atom is 0.416 e. The van der Waals surface area contributed by atoms with Gasteiger partial charge in [0.05, 0.1) is 11.2 Å². The molecule has 1 fully saturated rings. The summed E-state index contributed by atoms with van der Waals surface area (Å²) in [5, 5.41) is 10.8. The van der Waals surface area contributed by atoms with Gasteiger partial charge < -0.3 is 5.11 Å². The Balaban J connectivity index is 2.22. The van der Waals surface area contributed by atoms with Crippen molar-refractivity contribution in [3.05, 3.63) is 35.4 Å². The Bertz CT molecular complexity index is 462. The molecule has 2 rings (SSSR count). The van der Waals surface area contributed by atoms with E-state index in [4.69, 9.17) is 0 Å². The van der Waals surface area contributed by atoms with Gasteiger partial charge in [0, 0.05) is 0 Å². The van der Waals surface area contributed by atoms with E-state index in [1.165, 1.54) is 12.1 Å². The number of rotatable bonds is 1. The Morgan fingerprint density at radius 1 is 0.950 bits per heavy atom. The van der Waals surface area contributed by atoms with Crippen LogP contribution in [-0.4, -0.2) is 5.11 Å². The van der Waals surface area contributed by atoms with Crippen LogP contribution < -0.4 is 0 Å². The summed E-state index contributed by atoms with van der Waals surface area (Å²) in [6.07, 6.45) is -0.301. The molecule has 1 atom stereocenters. The molecular weight excluding hydrogens is 265 g/mol. The molecule has 0 radical (unpaired) electrons. The lowest BCUT2D eigenvalue weighted by Gasteiger charge is -2.28. The molecule has 1 N–H and O–H groups in total. The summed E-state index contributed by atoms with van der Waals surface area (Å²) in [6.45, 7) is 4.34. The molecule has 1 aromatic rings. The van der Waals surface area contributed by atoms with Crippen molar-refractivity contribution in [2.45, 2.75) is 57.7 Å². The fourth-order valence-corrected chi connectivity index (χ4v) is 2.91. The first kappa shape index (κ1) is 15.4. The van der Waals surface area contributed by atoms with Crippen LogP contribution in [0.5, 0.6) is 0 Å². The van der Waals surface area contributed by atoms with Gasteiger partial charge >= 0.3 is 6.18 Å². The number of benzene rings is 1. The zero-order chi connectivity index (χ0) is 15.0. The molecule has 0 aromatic heterocycles. The number of hydrogen-bond acceptors (Lipinski definition) is 1. The molecule has 0 spiro atoms. The summed E-state index contributed by atoms with van der Waals surface area (Å²) in [5.74, 6) is 0. The van der Waals surface area contributed by atoms with Crippen molar-refractivity contribution in [3.8, 4) is 0 Å². The first-order chi connectivity index (χ1) is 9.12. The predicted molar refractivity (Wildman–Crippen MR) is 72.2 cm³/mol. The van der Waals surface area contributed by atoms with Gasteiger partial charge in [-0.25, -0.2) is 0 Å². The minimum Gasteiger partial charge on any atom is -0.385 e. The summed E-state index contributed by atoms with van der Waals surface area (Å²) < 4.78 is 37.7. The van der Waals surface area contributed by atoms with Crippen molar-refractivity contribution in [2.24, 2.45) is 5.41 Å². The smallest absolute Gasteiger partial charge is 0.385 e. The molecule has 1 aliphatic rings. The van der Waals surface area contributed by atoms with Crippen LogP contribution in [0.2, 0.25) is 0 Å². The van der Waals surface area contributed by atoms with Gasteiger partial charge in [-0.2, -0.15) is 13.2 Å². The van der Waals surface area contributed by atoms with Crippen molar-refractivity contribution >= 4 is 0 Å². The van der Waals surface area contributed by atoms with E-state index in [1.807, 2.05) is 0 Å². The normalized spacial score (nSPS) is 27.1. The van der Waals surface area contributed by atoms with E-state index >= 15 is 0 Å². The first-order valence-corrected chi connectivity index (χ1v) is 7.03. The number of alkyl halides is 3. The fraction of sp³-hybridized carbons (Fsp3) is 0.625. The van der Waals surface area contributed by atoms with Crippen LogP contribution in [0.1, 0.15) is 57.1 Å². The lowest BCUT2D eigenvalue weighted by Crippen LogP contribution is -2.25. The van der Waals surface area contributed by atoms with Gasteiger partial charge in [-0.3, -0.25) is 0 Å². The van der Waals surface area contributed by atoms with Gasteiger partial charge in [0.25, 0.3) is 0 Å². The summed E-state index contributed by atoms with van der Waals surface area (Å²) in [4.78, 5) is 0. The van der Waals surface area contributed by atoms with Gasteiger partial charge in [-0.15, -0.1) is 0 Å². The molecule has 1 aliphatic carbocycles. The van der Waals surface area contributed by atoms with Gasteiger partial charge in [0.2, 0.25) is 0 Å². The molecule has 1 aromatic carbocycles. The van der Waals surface area contributed by atoms with Crippen molar-refractivity contribution in [3.63, 3.8) is 0 Å². The van der Waals surface area contributed by atoms with Crippen LogP contribution >= 0.6 is 0 Å². The topological polar surface area (TPSA) is 20.2 Å². The summed E-state index contributed by atoms with van der Waals surface area (Å²) in [5.41, 5.74) is -0.865. The molecule has 4 heteroatoms. The van der Waals surface area contributed by atoms with Crippen molar-refractivity contribution < 1.29 is 18.3 Å². The Labute approximate surface area is 117 Å². The van der Waals surface area contributed by atoms with Crippen molar-refractivity contribution in [2.75, 3.05) is 0 Å². The lowest BCUT2D eigenvalue weighted by atomic mass is 9.82. The maximum absolute atomic E-state index is 12.6. The van der Waals surface area contributed by atoms with Crippen LogP contribution in [-0.2, 0) is 11.8 Å². The highest BCUT2D eigenvalue weighted by molar-refractivity contribution is 5.29. The molecule has 1 unspecified atom stereocenters. The highest BCUT2D eigenvalue weighted by atomic mass is 19.4. The Morgan fingerprint density at radius 3 is 2.10 bits per heavy atom. The van der Waals surface area contributed by atoms with Crippen molar-refractivity contribution in [1.82, 2.24) is 0 Å². The third-order valence-electron chi connectivity index (χ3n) is 4.41. The summed E-state index contributed by atoms with van der Waals surface area (Å²) in [6, 6.07) is 4.95. The second-order valence-electron chi connectivity index (χ2n) is 6.62. The fourth-order valence-electron chi connectivity index (χ4n) is 2.91. The molecule has 0 amide bonds. The minimum atomic E-state index is -4.33. The van der Waals surface area contributed by atoms with Crippen LogP contribution in [0, 0.1) is 5.41 Å². The van der Waals surface area contributed by atoms with Crippen LogP contribution in [0.25, 0.3) is 0 Å². The van der Waals surface area contributed by atoms with E-state index in [1.54, 1.807) is 0 Å². The monoisotopic (exact) mass is 286 g/mol. The standard InChI is InChI=1S/C16H21F3O/c1-14(2)8-3-9-15(20,11-10-14)12-4-6-13(7-5-12)16(17,18)19/h4-7,20H,3,8-11H2,1-2H3. The SMILES string of the molecule is CC1(C)CCCC(O)(c2ccc(C(F)(F)F)cc2)CC1. The lowest BCUT2D eigenvalue weighted by molar-refractivity contribution is -0.137. The Hall–Kier alpha value is -1.03. The van der Waals surface area contributed by atoms with Gasteiger partial charge in [0.1, 0.15) is 0 Å². The van der Waals surface area contributed by atoms with Crippen LogP contribution in [0.4, 0.5) is 13.2 Å². The molecule has 112 valence electrons. The molecular formula is C16H21F3O. The zero-order valence-electron chi connectivity index (χ0n) is 11.9. The molecule has 1 nitrogen and oxygen atoms in total.